The molecule has 42 heavy (non-hydrogen) atoms. The van der Waals surface area contributed by atoms with Crippen LogP contribution in [0.5, 0.6) is 11.5 Å². The molecule has 0 aliphatic carbocycles. The van der Waals surface area contributed by atoms with Gasteiger partial charge in [-0.25, -0.2) is 9.78 Å². The number of benzene rings is 3. The largest absolute Gasteiger partial charge is 0.497 e. The third-order valence-corrected chi connectivity index (χ3v) is 6.63. The van der Waals surface area contributed by atoms with E-state index in [1.54, 1.807) is 43.4 Å². The number of nitro groups is 1. The van der Waals surface area contributed by atoms with E-state index in [1.807, 2.05) is 24.3 Å². The average molecular weight is 593 g/mol. The van der Waals surface area contributed by atoms with Gasteiger partial charge in [0.15, 0.2) is 11.4 Å². The van der Waals surface area contributed by atoms with Crippen LogP contribution < -0.4 is 19.9 Å². The number of carbonyl (C=O) groups excluding carboxylic acids is 2. The highest BCUT2D eigenvalue weighted by atomic mass is 35.5. The number of hydrogen-bond acceptors (Lipinski definition) is 10. The second kappa shape index (κ2) is 13.0. The Balaban J connectivity index is 1.91. The number of rotatable bonds is 11. The Bertz CT molecular complexity index is 1640. The molecule has 216 valence electrons. The highest BCUT2D eigenvalue weighted by molar-refractivity contribution is 6.33. The summed E-state index contributed by atoms with van der Waals surface area (Å²) < 4.78 is 16.2. The Kier molecular flexibility index (Phi) is 9.18. The molecular weight excluding hydrogens is 568 g/mol. The Morgan fingerprint density at radius 3 is 2.00 bits per heavy atom. The maximum absolute atomic E-state index is 13.9. The molecule has 0 spiro atoms. The molecule has 0 fully saturated rings. The normalized spacial score (nSPS) is 10.6. The Hall–Kier alpha value is -5.23. The van der Waals surface area contributed by atoms with Crippen molar-refractivity contribution < 1.29 is 28.7 Å². The van der Waals surface area contributed by atoms with Crippen molar-refractivity contribution in [3.63, 3.8) is 0 Å². The van der Waals surface area contributed by atoms with Crippen molar-refractivity contribution in [2.45, 2.75) is 13.1 Å². The topological polar surface area (TPSA) is 143 Å². The van der Waals surface area contributed by atoms with Gasteiger partial charge in [-0.1, -0.05) is 35.9 Å². The number of esters is 1. The van der Waals surface area contributed by atoms with E-state index in [-0.39, 0.29) is 35.2 Å². The lowest BCUT2D eigenvalue weighted by Crippen LogP contribution is -2.33. The van der Waals surface area contributed by atoms with Crippen molar-refractivity contribution in [2.24, 2.45) is 0 Å². The minimum atomic E-state index is -1.01. The van der Waals surface area contributed by atoms with E-state index >= 15 is 0 Å². The van der Waals surface area contributed by atoms with Gasteiger partial charge < -0.3 is 19.1 Å². The summed E-state index contributed by atoms with van der Waals surface area (Å²) in [6.07, 6.45) is 1.44. The zero-order chi connectivity index (χ0) is 30.4. The van der Waals surface area contributed by atoms with Crippen molar-refractivity contribution >= 4 is 35.4 Å². The molecule has 0 aliphatic rings. The minimum absolute atomic E-state index is 0.0157. The molecule has 0 amide bonds. The van der Waals surface area contributed by atoms with Crippen molar-refractivity contribution in [2.75, 3.05) is 26.2 Å². The maximum Gasteiger partial charge on any atom is 0.347 e. The molecule has 1 heterocycles. The molecule has 0 N–H and O–H groups in total. The summed E-state index contributed by atoms with van der Waals surface area (Å²) in [5, 5.41) is 11.6. The first kappa shape index (κ1) is 29.7. The van der Waals surface area contributed by atoms with Gasteiger partial charge in [0.05, 0.1) is 31.3 Å². The summed E-state index contributed by atoms with van der Waals surface area (Å²) in [6, 6.07) is 16.6. The van der Waals surface area contributed by atoms with E-state index in [2.05, 4.69) is 4.98 Å². The molecule has 0 aliphatic heterocycles. The number of carbonyl (C=O) groups is 2. The molecule has 3 aromatic carbocycles. The van der Waals surface area contributed by atoms with Gasteiger partial charge in [-0.05, 0) is 41.5 Å². The molecule has 0 saturated carbocycles. The average Bonchev–Trinajstić information content (AvgIpc) is 3.00. The molecule has 0 saturated heterocycles. The van der Waals surface area contributed by atoms with Crippen LogP contribution in [0.15, 0.2) is 71.8 Å². The molecule has 4 aromatic rings. The van der Waals surface area contributed by atoms with Crippen molar-refractivity contribution in [1.82, 2.24) is 9.55 Å². The van der Waals surface area contributed by atoms with Gasteiger partial charge in [0.1, 0.15) is 29.8 Å². The monoisotopic (exact) mass is 592 g/mol. The number of methoxy groups -OCH3 is 3. The van der Waals surface area contributed by atoms with Gasteiger partial charge in [0.25, 0.3) is 11.2 Å². The second-order valence-corrected chi connectivity index (χ2v) is 9.31. The van der Waals surface area contributed by atoms with E-state index < -0.39 is 27.7 Å². The highest BCUT2D eigenvalue weighted by Crippen LogP contribution is 2.32. The van der Waals surface area contributed by atoms with E-state index in [0.717, 1.165) is 35.2 Å². The zero-order valence-electron chi connectivity index (χ0n) is 22.8. The minimum Gasteiger partial charge on any atom is -0.497 e. The van der Waals surface area contributed by atoms with Crippen LogP contribution in [0.2, 0.25) is 5.02 Å². The Labute approximate surface area is 244 Å². The van der Waals surface area contributed by atoms with Gasteiger partial charge in [0.2, 0.25) is 0 Å². The Morgan fingerprint density at radius 2 is 1.55 bits per heavy atom. The molecule has 13 heteroatoms. The molecule has 0 radical (unpaired) electrons. The summed E-state index contributed by atoms with van der Waals surface area (Å²) in [5.74, 6) is 0.276. The fraction of sp³-hybridized carbons (Fsp3) is 0.172. The van der Waals surface area contributed by atoms with Crippen LogP contribution >= 0.6 is 11.6 Å². The second-order valence-electron chi connectivity index (χ2n) is 8.91. The van der Waals surface area contributed by atoms with E-state index in [1.165, 1.54) is 6.07 Å². The molecule has 0 atom stereocenters. The standard InChI is InChI=1S/C29H25ClN4O8/c1-40-21-8-4-18(5-9-21)14-32(15-19-6-10-22(41-2)11-7-19)27-25(29(37)42-3)28(36)33(17-31-27)26-23(30)12-20(16-35)13-24(26)34(38)39/h4-13,16-17H,14-15H2,1-3H3. The van der Waals surface area contributed by atoms with Gasteiger partial charge in [-0.2, -0.15) is 0 Å². The van der Waals surface area contributed by atoms with Crippen molar-refractivity contribution in [3.8, 4) is 17.2 Å². The number of hydrogen-bond donors (Lipinski definition) is 0. The first-order valence-corrected chi connectivity index (χ1v) is 12.7. The lowest BCUT2D eigenvalue weighted by molar-refractivity contribution is -0.384. The van der Waals surface area contributed by atoms with E-state index in [9.17, 15) is 24.5 Å². The molecule has 0 unspecified atom stereocenters. The predicted molar refractivity (Wildman–Crippen MR) is 154 cm³/mol. The summed E-state index contributed by atoms with van der Waals surface area (Å²) in [6.45, 7) is 0.427. The smallest absolute Gasteiger partial charge is 0.347 e. The number of aldehydes is 1. The lowest BCUT2D eigenvalue weighted by atomic mass is 10.1. The number of halogens is 1. The van der Waals surface area contributed by atoms with E-state index in [4.69, 9.17) is 25.8 Å². The lowest BCUT2D eigenvalue weighted by Gasteiger charge is -2.26. The van der Waals surface area contributed by atoms with Crippen molar-refractivity contribution in [1.29, 1.82) is 0 Å². The van der Waals surface area contributed by atoms with Crippen LogP contribution in [-0.4, -0.2) is 48.1 Å². The van der Waals surface area contributed by atoms with Crippen LogP contribution in [0.25, 0.3) is 5.69 Å². The summed E-state index contributed by atoms with van der Waals surface area (Å²) in [4.78, 5) is 55.4. The molecular formula is C29H25ClN4O8. The highest BCUT2D eigenvalue weighted by Gasteiger charge is 2.29. The van der Waals surface area contributed by atoms with Crippen LogP contribution in [0, 0.1) is 10.1 Å². The quantitative estimate of drug-likeness (QED) is 0.105. The summed E-state index contributed by atoms with van der Waals surface area (Å²) in [7, 11) is 4.21. The van der Waals surface area contributed by atoms with Gasteiger partial charge in [-0.15, -0.1) is 0 Å². The number of ether oxygens (including phenoxy) is 3. The van der Waals surface area contributed by atoms with Gasteiger partial charge >= 0.3 is 5.97 Å². The molecule has 4 rings (SSSR count). The van der Waals surface area contributed by atoms with Crippen LogP contribution in [0.1, 0.15) is 31.8 Å². The van der Waals surface area contributed by atoms with Gasteiger partial charge in [0, 0.05) is 24.7 Å². The van der Waals surface area contributed by atoms with E-state index in [0.29, 0.717) is 17.8 Å². The number of anilines is 1. The Morgan fingerprint density at radius 1 is 1.00 bits per heavy atom. The fourth-order valence-electron chi connectivity index (χ4n) is 4.28. The third-order valence-electron chi connectivity index (χ3n) is 6.35. The molecule has 1 aromatic heterocycles. The maximum atomic E-state index is 13.9. The number of nitro benzene ring substituents is 1. The van der Waals surface area contributed by atoms with Crippen LogP contribution in [0.3, 0.4) is 0 Å². The molecule has 12 nitrogen and oxygen atoms in total. The summed E-state index contributed by atoms with van der Waals surface area (Å²) >= 11 is 6.30. The zero-order valence-corrected chi connectivity index (χ0v) is 23.5. The number of aromatic nitrogens is 2. The van der Waals surface area contributed by atoms with Crippen LogP contribution in [0.4, 0.5) is 11.5 Å². The third kappa shape index (κ3) is 6.23. The number of nitrogens with zero attached hydrogens (tertiary/aromatic N) is 4. The first-order chi connectivity index (χ1) is 20.2. The fourth-order valence-corrected chi connectivity index (χ4v) is 4.60. The van der Waals surface area contributed by atoms with Gasteiger partial charge in [-0.3, -0.25) is 24.3 Å². The predicted octanol–water partition coefficient (Wildman–Crippen LogP) is 4.62. The SMILES string of the molecule is COC(=O)c1c(N(Cc2ccc(OC)cc2)Cc2ccc(OC)cc2)ncn(-c2c(Cl)cc(C=O)cc2[N+](=O)[O-])c1=O. The first-order valence-electron chi connectivity index (χ1n) is 12.3. The molecule has 0 bridgehead atoms. The van der Waals surface area contributed by atoms with Crippen molar-refractivity contribution in [3.05, 3.63) is 115 Å². The summed E-state index contributed by atoms with van der Waals surface area (Å²) in [5.41, 5.74) is -0.823. The van der Waals surface area contributed by atoms with Crippen LogP contribution in [-0.2, 0) is 17.8 Å².